The average Bonchev–Trinajstić information content (AvgIpc) is 2.83. The summed E-state index contributed by atoms with van der Waals surface area (Å²) in [5, 5.41) is 109. The van der Waals surface area contributed by atoms with E-state index in [2.05, 4.69) is 0 Å². The van der Waals surface area contributed by atoms with Crippen LogP contribution in [0.15, 0.2) is 0 Å². The maximum absolute atomic E-state index is 10.6. The van der Waals surface area contributed by atoms with E-state index < -0.39 is 112 Å². The van der Waals surface area contributed by atoms with Crippen molar-refractivity contribution < 1.29 is 79.9 Å². The average molecular weight is 504 g/mol. The SMILES string of the molecule is OC[C@H]1O[C@H](O[C@H]2O[C@H](CO)[C@@H](O)[C@H](O)[C@H]2O[C@H]2O[C@H](CO)[C@@H](O)[C@H](O)[C@H]2O)[C@H](O)[C@@H](O)[C@@H]1O. The maximum Gasteiger partial charge on any atom is 0.190 e. The molecule has 0 aliphatic carbocycles. The van der Waals surface area contributed by atoms with Crippen molar-refractivity contribution >= 4 is 0 Å². The first-order valence-corrected chi connectivity index (χ1v) is 10.6. The lowest BCUT2D eigenvalue weighted by Crippen LogP contribution is -2.66. The molecule has 0 amide bonds. The number of ether oxygens (including phenoxy) is 5. The summed E-state index contributed by atoms with van der Waals surface area (Å²) in [6, 6.07) is 0. The molecule has 15 atom stereocenters. The number of aliphatic hydroxyl groups excluding tert-OH is 11. The molecule has 34 heavy (non-hydrogen) atoms. The summed E-state index contributed by atoms with van der Waals surface area (Å²) in [5.74, 6) is 0. The minimum Gasteiger partial charge on any atom is -0.394 e. The second-order valence-electron chi connectivity index (χ2n) is 8.34. The normalized spacial score (nSPS) is 52.5. The Morgan fingerprint density at radius 1 is 0.412 bits per heavy atom. The molecule has 0 saturated carbocycles. The van der Waals surface area contributed by atoms with Crippen molar-refractivity contribution in [3.63, 3.8) is 0 Å². The summed E-state index contributed by atoms with van der Waals surface area (Å²) in [5.41, 5.74) is 0. The molecule has 0 unspecified atom stereocenters. The van der Waals surface area contributed by atoms with Gasteiger partial charge in [0.25, 0.3) is 0 Å². The fourth-order valence-electron chi connectivity index (χ4n) is 3.96. The van der Waals surface area contributed by atoms with E-state index in [9.17, 15) is 56.2 Å². The highest BCUT2D eigenvalue weighted by Crippen LogP contribution is 2.32. The topological polar surface area (TPSA) is 269 Å². The lowest BCUT2D eigenvalue weighted by atomic mass is 9.97. The summed E-state index contributed by atoms with van der Waals surface area (Å²) in [4.78, 5) is 0. The van der Waals surface area contributed by atoms with Gasteiger partial charge in [-0.25, -0.2) is 0 Å². The van der Waals surface area contributed by atoms with E-state index in [-0.39, 0.29) is 0 Å². The predicted octanol–water partition coefficient (Wildman–Crippen LogP) is -7.57. The second-order valence-corrected chi connectivity index (χ2v) is 8.34. The van der Waals surface area contributed by atoms with E-state index >= 15 is 0 Å². The largest absolute Gasteiger partial charge is 0.394 e. The van der Waals surface area contributed by atoms with Crippen LogP contribution in [0.2, 0.25) is 0 Å². The molecular weight excluding hydrogens is 472 g/mol. The minimum absolute atomic E-state index is 0.762. The van der Waals surface area contributed by atoms with Crippen LogP contribution in [-0.2, 0) is 23.7 Å². The lowest BCUT2D eigenvalue weighted by Gasteiger charge is -2.47. The number of hydrogen-bond donors (Lipinski definition) is 11. The van der Waals surface area contributed by atoms with Crippen LogP contribution in [0.3, 0.4) is 0 Å². The first kappa shape index (κ1) is 27.9. The summed E-state index contributed by atoms with van der Waals surface area (Å²) < 4.78 is 26.8. The van der Waals surface area contributed by atoms with Crippen LogP contribution in [0.1, 0.15) is 0 Å². The zero-order chi connectivity index (χ0) is 25.3. The second kappa shape index (κ2) is 11.6. The molecule has 3 heterocycles. The Morgan fingerprint density at radius 3 is 1.18 bits per heavy atom. The van der Waals surface area contributed by atoms with Crippen LogP contribution < -0.4 is 0 Å². The molecular formula is C18H32O16. The Bertz CT molecular complexity index is 637. The molecule has 11 N–H and O–H groups in total. The number of aliphatic hydroxyl groups is 11. The zero-order valence-corrected chi connectivity index (χ0v) is 17.7. The monoisotopic (exact) mass is 504 g/mol. The third-order valence-corrected chi connectivity index (χ3v) is 6.08. The molecule has 3 fully saturated rings. The van der Waals surface area contributed by atoms with E-state index in [4.69, 9.17) is 23.7 Å². The molecule has 16 heteroatoms. The smallest absolute Gasteiger partial charge is 0.190 e. The van der Waals surface area contributed by atoms with Gasteiger partial charge in [-0.3, -0.25) is 0 Å². The van der Waals surface area contributed by atoms with Gasteiger partial charge in [-0.15, -0.1) is 0 Å². The molecule has 0 bridgehead atoms. The van der Waals surface area contributed by atoms with E-state index in [1.807, 2.05) is 0 Å². The molecule has 0 spiro atoms. The Labute approximate surface area is 192 Å². The molecule has 3 rings (SSSR count). The van der Waals surface area contributed by atoms with Gasteiger partial charge in [0.2, 0.25) is 0 Å². The fourth-order valence-corrected chi connectivity index (χ4v) is 3.96. The standard InChI is InChI=1S/C18H32O16/c19-1-4-7(22)10(25)13(28)16(30-4)33-15-12(27)9(24)6(3-21)32-18(15)34-17-14(29)11(26)8(23)5(2-20)31-17/h4-29H,1-3H2/t4-,5-,6-,7-,8-,9-,10+,11+,12+,13-,14-,15-,16-,17-,18-/m1/s1. The van der Waals surface area contributed by atoms with E-state index in [0.717, 1.165) is 0 Å². The van der Waals surface area contributed by atoms with Gasteiger partial charge in [0.15, 0.2) is 18.9 Å². The van der Waals surface area contributed by atoms with Crippen LogP contribution in [0.4, 0.5) is 0 Å². The highest BCUT2D eigenvalue weighted by molar-refractivity contribution is 4.95. The van der Waals surface area contributed by atoms with Crippen molar-refractivity contribution in [3.05, 3.63) is 0 Å². The van der Waals surface area contributed by atoms with Gasteiger partial charge in [0, 0.05) is 0 Å². The Hall–Kier alpha value is -0.640. The predicted molar refractivity (Wildman–Crippen MR) is 101 cm³/mol. The van der Waals surface area contributed by atoms with Crippen molar-refractivity contribution in [1.29, 1.82) is 0 Å². The molecule has 3 aliphatic heterocycles. The lowest BCUT2D eigenvalue weighted by molar-refractivity contribution is -0.401. The summed E-state index contributed by atoms with van der Waals surface area (Å²) in [6.07, 6.45) is -25.6. The van der Waals surface area contributed by atoms with Crippen LogP contribution >= 0.6 is 0 Å². The third-order valence-electron chi connectivity index (χ3n) is 6.08. The number of hydrogen-bond acceptors (Lipinski definition) is 16. The van der Waals surface area contributed by atoms with Crippen molar-refractivity contribution in [3.8, 4) is 0 Å². The molecule has 0 aromatic heterocycles. The number of rotatable bonds is 7. The van der Waals surface area contributed by atoms with Crippen molar-refractivity contribution in [2.24, 2.45) is 0 Å². The van der Waals surface area contributed by atoms with Gasteiger partial charge in [-0.05, 0) is 0 Å². The van der Waals surface area contributed by atoms with Gasteiger partial charge in [0.1, 0.15) is 73.2 Å². The van der Waals surface area contributed by atoms with Gasteiger partial charge < -0.3 is 79.9 Å². The first-order chi connectivity index (χ1) is 16.0. The van der Waals surface area contributed by atoms with Crippen LogP contribution in [0.25, 0.3) is 0 Å². The van der Waals surface area contributed by atoms with Crippen molar-refractivity contribution in [2.75, 3.05) is 19.8 Å². The highest BCUT2D eigenvalue weighted by atomic mass is 16.8. The molecule has 0 aromatic carbocycles. The Kier molecular flexibility index (Phi) is 9.54. The van der Waals surface area contributed by atoms with Gasteiger partial charge in [0.05, 0.1) is 19.8 Å². The zero-order valence-electron chi connectivity index (χ0n) is 17.7. The molecule has 16 nitrogen and oxygen atoms in total. The maximum atomic E-state index is 10.6. The van der Waals surface area contributed by atoms with Crippen molar-refractivity contribution in [2.45, 2.75) is 92.1 Å². The van der Waals surface area contributed by atoms with Crippen molar-refractivity contribution in [1.82, 2.24) is 0 Å². The third kappa shape index (κ3) is 5.37. The molecule has 3 saturated heterocycles. The minimum atomic E-state index is -1.88. The Balaban J connectivity index is 1.81. The van der Waals surface area contributed by atoms with Crippen LogP contribution in [-0.4, -0.2) is 168 Å². The molecule has 200 valence electrons. The molecule has 0 radical (unpaired) electrons. The van der Waals surface area contributed by atoms with Gasteiger partial charge in [-0.2, -0.15) is 0 Å². The van der Waals surface area contributed by atoms with Crippen LogP contribution in [0, 0.1) is 0 Å². The summed E-state index contributed by atoms with van der Waals surface area (Å²) in [7, 11) is 0. The van der Waals surface area contributed by atoms with E-state index in [1.54, 1.807) is 0 Å². The van der Waals surface area contributed by atoms with Gasteiger partial charge in [-0.1, -0.05) is 0 Å². The molecule has 0 aromatic rings. The van der Waals surface area contributed by atoms with Gasteiger partial charge >= 0.3 is 0 Å². The first-order valence-electron chi connectivity index (χ1n) is 10.6. The quantitative estimate of drug-likeness (QED) is 0.154. The molecule has 3 aliphatic rings. The highest BCUT2D eigenvalue weighted by Gasteiger charge is 2.53. The fraction of sp³-hybridized carbons (Fsp3) is 1.00. The Morgan fingerprint density at radius 2 is 0.765 bits per heavy atom. The summed E-state index contributed by atoms with van der Waals surface area (Å²) >= 11 is 0. The van der Waals surface area contributed by atoms with E-state index in [1.165, 1.54) is 0 Å². The van der Waals surface area contributed by atoms with E-state index in [0.29, 0.717) is 0 Å². The summed E-state index contributed by atoms with van der Waals surface area (Å²) in [6.45, 7) is -2.32. The van der Waals surface area contributed by atoms with Crippen LogP contribution in [0.5, 0.6) is 0 Å².